The van der Waals surface area contributed by atoms with E-state index in [1.807, 2.05) is 0 Å². The van der Waals surface area contributed by atoms with Gasteiger partial charge in [0.1, 0.15) is 11.5 Å². The number of aromatic nitrogens is 3. The zero-order valence-electron chi connectivity index (χ0n) is 11.5. The second kappa shape index (κ2) is 5.63. The van der Waals surface area contributed by atoms with E-state index in [0.717, 1.165) is 43.7 Å². The number of hydrogen-bond acceptors (Lipinski definition) is 4. The molecule has 0 aliphatic carbocycles. The van der Waals surface area contributed by atoms with E-state index in [1.54, 1.807) is 6.07 Å². The fourth-order valence-electron chi connectivity index (χ4n) is 2.50. The first kappa shape index (κ1) is 13.1. The molecule has 3 rings (SSSR count). The van der Waals surface area contributed by atoms with Gasteiger partial charge in [-0.25, -0.2) is 19.3 Å². The molecular weight excluding hydrogens is 255 g/mol. The summed E-state index contributed by atoms with van der Waals surface area (Å²) in [5.74, 6) is 0.248. The first-order valence-electron chi connectivity index (χ1n) is 6.99. The van der Waals surface area contributed by atoms with Gasteiger partial charge in [-0.15, -0.1) is 0 Å². The molecule has 4 nitrogen and oxygen atoms in total. The Kier molecular flexibility index (Phi) is 3.69. The molecule has 1 aliphatic rings. The third kappa shape index (κ3) is 2.54. The molecule has 0 unspecified atom stereocenters. The molecule has 0 radical (unpaired) electrons. The van der Waals surface area contributed by atoms with Crippen LogP contribution in [-0.2, 0) is 19.4 Å². The van der Waals surface area contributed by atoms with Gasteiger partial charge in [0.2, 0.25) is 0 Å². The maximum atomic E-state index is 13.0. The minimum Gasteiger partial charge on any atom is -0.311 e. The lowest BCUT2D eigenvalue weighted by Gasteiger charge is -2.19. The Labute approximate surface area is 117 Å². The van der Waals surface area contributed by atoms with Gasteiger partial charge in [-0.1, -0.05) is 13.3 Å². The van der Waals surface area contributed by atoms with Gasteiger partial charge >= 0.3 is 0 Å². The van der Waals surface area contributed by atoms with Crippen LogP contribution in [0.1, 0.15) is 30.3 Å². The second-order valence-corrected chi connectivity index (χ2v) is 4.96. The summed E-state index contributed by atoms with van der Waals surface area (Å²) in [6.07, 6.45) is 4.17. The van der Waals surface area contributed by atoms with Crippen molar-refractivity contribution in [2.24, 2.45) is 0 Å². The standard InChI is InChI=1S/C15H17FN4/c1-2-3-12-11-6-7-17-9-14(11)20-15(19-12)13-5-4-10(16)8-18-13/h4-5,8,17H,2-3,6-7,9H2,1H3. The molecule has 1 aliphatic heterocycles. The zero-order chi connectivity index (χ0) is 13.9. The number of nitrogens with one attached hydrogen (secondary N) is 1. The molecule has 3 heterocycles. The molecule has 0 spiro atoms. The van der Waals surface area contributed by atoms with Gasteiger partial charge in [0.15, 0.2) is 5.82 Å². The van der Waals surface area contributed by atoms with Crippen molar-refractivity contribution in [3.05, 3.63) is 41.1 Å². The van der Waals surface area contributed by atoms with Crippen LogP contribution in [0, 0.1) is 5.82 Å². The Hall–Kier alpha value is -1.88. The number of pyridine rings is 1. The summed E-state index contributed by atoms with van der Waals surface area (Å²) in [6.45, 7) is 3.88. The molecule has 2 aromatic rings. The van der Waals surface area contributed by atoms with Gasteiger partial charge in [-0.2, -0.15) is 0 Å². The van der Waals surface area contributed by atoms with E-state index in [2.05, 4.69) is 27.2 Å². The smallest absolute Gasteiger partial charge is 0.178 e. The molecule has 1 N–H and O–H groups in total. The van der Waals surface area contributed by atoms with E-state index in [4.69, 9.17) is 0 Å². The van der Waals surface area contributed by atoms with Crippen LogP contribution in [0.4, 0.5) is 4.39 Å². The van der Waals surface area contributed by atoms with Gasteiger partial charge in [0.25, 0.3) is 0 Å². The van der Waals surface area contributed by atoms with Crippen molar-refractivity contribution in [3.8, 4) is 11.5 Å². The third-order valence-electron chi connectivity index (χ3n) is 3.47. The van der Waals surface area contributed by atoms with E-state index in [-0.39, 0.29) is 5.82 Å². The van der Waals surface area contributed by atoms with Crippen LogP contribution < -0.4 is 5.32 Å². The number of halogens is 1. The first-order chi connectivity index (χ1) is 9.78. The Morgan fingerprint density at radius 2 is 2.20 bits per heavy atom. The van der Waals surface area contributed by atoms with Crippen LogP contribution >= 0.6 is 0 Å². The maximum Gasteiger partial charge on any atom is 0.178 e. The van der Waals surface area contributed by atoms with Gasteiger partial charge in [-0.05, 0) is 37.1 Å². The minimum absolute atomic E-state index is 0.345. The quantitative estimate of drug-likeness (QED) is 0.931. The molecule has 20 heavy (non-hydrogen) atoms. The molecule has 0 saturated heterocycles. The van der Waals surface area contributed by atoms with Gasteiger partial charge in [0.05, 0.1) is 11.9 Å². The predicted octanol–water partition coefficient (Wildman–Crippen LogP) is 2.28. The average molecular weight is 272 g/mol. The molecule has 0 bridgehead atoms. The van der Waals surface area contributed by atoms with Crippen molar-refractivity contribution in [3.63, 3.8) is 0 Å². The van der Waals surface area contributed by atoms with Crippen LogP contribution in [0.5, 0.6) is 0 Å². The fourth-order valence-corrected chi connectivity index (χ4v) is 2.50. The average Bonchev–Trinajstić information content (AvgIpc) is 2.48. The highest BCUT2D eigenvalue weighted by molar-refractivity contribution is 5.50. The van der Waals surface area contributed by atoms with Gasteiger partial charge in [-0.3, -0.25) is 0 Å². The molecule has 0 aromatic carbocycles. The summed E-state index contributed by atoms with van der Waals surface area (Å²) in [6, 6.07) is 3.02. The maximum absolute atomic E-state index is 13.0. The van der Waals surface area contributed by atoms with E-state index in [0.29, 0.717) is 11.5 Å². The predicted molar refractivity (Wildman–Crippen MR) is 74.6 cm³/mol. The minimum atomic E-state index is -0.345. The highest BCUT2D eigenvalue weighted by atomic mass is 19.1. The Balaban J connectivity index is 2.07. The number of rotatable bonds is 3. The van der Waals surface area contributed by atoms with Crippen molar-refractivity contribution in [2.45, 2.75) is 32.7 Å². The fraction of sp³-hybridized carbons (Fsp3) is 0.400. The van der Waals surface area contributed by atoms with Gasteiger partial charge < -0.3 is 5.32 Å². The summed E-state index contributed by atoms with van der Waals surface area (Å²) in [5, 5.41) is 3.33. The van der Waals surface area contributed by atoms with E-state index in [9.17, 15) is 4.39 Å². The van der Waals surface area contributed by atoms with E-state index in [1.165, 1.54) is 17.8 Å². The van der Waals surface area contributed by atoms with E-state index >= 15 is 0 Å². The summed E-state index contributed by atoms with van der Waals surface area (Å²) in [5.41, 5.74) is 4.06. The van der Waals surface area contributed by atoms with Crippen molar-refractivity contribution >= 4 is 0 Å². The van der Waals surface area contributed by atoms with Crippen LogP contribution in [0.3, 0.4) is 0 Å². The molecule has 2 aromatic heterocycles. The second-order valence-electron chi connectivity index (χ2n) is 4.96. The normalized spacial score (nSPS) is 14.1. The zero-order valence-corrected chi connectivity index (χ0v) is 11.5. The van der Waals surface area contributed by atoms with Crippen LogP contribution in [0.25, 0.3) is 11.5 Å². The van der Waals surface area contributed by atoms with Crippen LogP contribution in [-0.4, -0.2) is 21.5 Å². The lowest BCUT2D eigenvalue weighted by Crippen LogP contribution is -2.26. The summed E-state index contributed by atoms with van der Waals surface area (Å²) < 4.78 is 13.0. The molecule has 104 valence electrons. The van der Waals surface area contributed by atoms with Crippen LogP contribution in [0.15, 0.2) is 18.3 Å². The Morgan fingerprint density at radius 3 is 2.95 bits per heavy atom. The topological polar surface area (TPSA) is 50.7 Å². The summed E-state index contributed by atoms with van der Waals surface area (Å²) >= 11 is 0. The third-order valence-corrected chi connectivity index (χ3v) is 3.47. The molecule has 0 atom stereocenters. The molecule has 0 saturated carbocycles. The monoisotopic (exact) mass is 272 g/mol. The molecular formula is C15H17FN4. The highest BCUT2D eigenvalue weighted by Gasteiger charge is 2.18. The van der Waals surface area contributed by atoms with Crippen molar-refractivity contribution < 1.29 is 4.39 Å². The summed E-state index contributed by atoms with van der Waals surface area (Å²) in [7, 11) is 0. The van der Waals surface area contributed by atoms with Gasteiger partial charge in [0, 0.05) is 12.2 Å². The number of fused-ring (bicyclic) bond motifs is 1. The van der Waals surface area contributed by atoms with Crippen LogP contribution in [0.2, 0.25) is 0 Å². The van der Waals surface area contributed by atoms with E-state index < -0.39 is 0 Å². The summed E-state index contributed by atoms with van der Waals surface area (Å²) in [4.78, 5) is 13.3. The lowest BCUT2D eigenvalue weighted by molar-refractivity contribution is 0.613. The largest absolute Gasteiger partial charge is 0.311 e. The molecule has 0 fully saturated rings. The number of hydrogen-bond donors (Lipinski definition) is 1. The Morgan fingerprint density at radius 1 is 1.30 bits per heavy atom. The SMILES string of the molecule is CCCc1nc(-c2ccc(F)cn2)nc2c1CCNC2. The molecule has 5 heteroatoms. The number of nitrogens with zero attached hydrogens (tertiary/aromatic N) is 3. The van der Waals surface area contributed by atoms with Crippen molar-refractivity contribution in [1.82, 2.24) is 20.3 Å². The first-order valence-corrected chi connectivity index (χ1v) is 6.99. The number of aryl methyl sites for hydroxylation is 1. The molecule has 0 amide bonds. The lowest BCUT2D eigenvalue weighted by atomic mass is 10.0. The Bertz CT molecular complexity index is 610. The van der Waals surface area contributed by atoms with Crippen molar-refractivity contribution in [2.75, 3.05) is 6.54 Å². The highest BCUT2D eigenvalue weighted by Crippen LogP contribution is 2.21. The van der Waals surface area contributed by atoms with Crippen molar-refractivity contribution in [1.29, 1.82) is 0 Å².